The zero-order chi connectivity index (χ0) is 9.54. The molecule has 1 saturated heterocycles. The maximum absolute atomic E-state index is 5.69. The second-order valence-electron chi connectivity index (χ2n) is 3.79. The molecule has 2 unspecified atom stereocenters. The lowest BCUT2D eigenvalue weighted by atomic mass is 10.2. The summed E-state index contributed by atoms with van der Waals surface area (Å²) in [5.74, 6) is 0.918. The normalized spacial score (nSPS) is 28.8. The van der Waals surface area contributed by atoms with E-state index in [0.29, 0.717) is 6.04 Å². The molecule has 3 nitrogen and oxygen atoms in total. The van der Waals surface area contributed by atoms with Gasteiger partial charge in [0.15, 0.2) is 5.82 Å². The first-order valence-corrected chi connectivity index (χ1v) is 4.91. The van der Waals surface area contributed by atoms with E-state index in [-0.39, 0.29) is 6.10 Å². The summed E-state index contributed by atoms with van der Waals surface area (Å²) in [6.45, 7) is 1.99. The van der Waals surface area contributed by atoms with Crippen molar-refractivity contribution in [3.05, 3.63) is 36.0 Å². The Morgan fingerprint density at radius 1 is 1.43 bits per heavy atom. The highest BCUT2D eigenvalue weighted by Gasteiger charge is 2.35. The Kier molecular flexibility index (Phi) is 1.61. The average molecular weight is 188 g/mol. The van der Waals surface area contributed by atoms with Gasteiger partial charge in [0.05, 0.1) is 6.04 Å². The van der Waals surface area contributed by atoms with Crippen molar-refractivity contribution >= 4 is 5.82 Å². The third-order valence-corrected chi connectivity index (χ3v) is 2.67. The van der Waals surface area contributed by atoms with E-state index in [2.05, 4.69) is 17.1 Å². The molecule has 0 radical (unpaired) electrons. The number of aryl methyl sites for hydroxylation is 1. The zero-order valence-electron chi connectivity index (χ0n) is 8.05. The molecular weight excluding hydrogens is 176 g/mol. The predicted molar refractivity (Wildman–Crippen MR) is 53.9 cm³/mol. The van der Waals surface area contributed by atoms with Crippen LogP contribution >= 0.6 is 0 Å². The summed E-state index contributed by atoms with van der Waals surface area (Å²) in [5.41, 5.74) is 1.03. The molecule has 3 heteroatoms. The molecule has 72 valence electrons. The molecule has 3 rings (SSSR count). The Labute approximate surface area is 83.0 Å². The first kappa shape index (κ1) is 8.00. The van der Waals surface area contributed by atoms with E-state index in [1.165, 1.54) is 0 Å². The minimum Gasteiger partial charge on any atom is -0.264 e. The molecule has 1 aromatic rings. The van der Waals surface area contributed by atoms with Crippen LogP contribution in [0.2, 0.25) is 0 Å². The Morgan fingerprint density at radius 2 is 2.36 bits per heavy atom. The molecule has 2 aliphatic rings. The SMILES string of the molecule is Cc1cccc(N2OC3C=CC2C3)n1. The minimum absolute atomic E-state index is 0.266. The Hall–Kier alpha value is -1.35. The summed E-state index contributed by atoms with van der Waals surface area (Å²) in [6.07, 6.45) is 5.65. The van der Waals surface area contributed by atoms with E-state index in [9.17, 15) is 0 Å². The molecule has 1 aromatic heterocycles. The van der Waals surface area contributed by atoms with Gasteiger partial charge in [-0.25, -0.2) is 10.0 Å². The van der Waals surface area contributed by atoms with E-state index in [1.54, 1.807) is 0 Å². The van der Waals surface area contributed by atoms with Crippen molar-refractivity contribution in [2.45, 2.75) is 25.5 Å². The van der Waals surface area contributed by atoms with Crippen LogP contribution in [0.5, 0.6) is 0 Å². The van der Waals surface area contributed by atoms with Crippen LogP contribution in [-0.4, -0.2) is 17.1 Å². The largest absolute Gasteiger partial charge is 0.264 e. The smallest absolute Gasteiger partial charge is 0.153 e. The number of pyridine rings is 1. The number of nitrogens with zero attached hydrogens (tertiary/aromatic N) is 2. The highest BCUT2D eigenvalue weighted by Crippen LogP contribution is 2.32. The summed E-state index contributed by atoms with van der Waals surface area (Å²) in [5, 5.41) is 1.91. The van der Waals surface area contributed by atoms with Crippen molar-refractivity contribution in [1.82, 2.24) is 4.98 Å². The van der Waals surface area contributed by atoms with Crippen LogP contribution in [0.4, 0.5) is 5.82 Å². The summed E-state index contributed by atoms with van der Waals surface area (Å²) >= 11 is 0. The molecule has 14 heavy (non-hydrogen) atoms. The fourth-order valence-electron chi connectivity index (χ4n) is 2.00. The van der Waals surface area contributed by atoms with Crippen LogP contribution in [0.25, 0.3) is 0 Å². The first-order chi connectivity index (χ1) is 6.83. The molecule has 0 amide bonds. The number of hydrogen-bond donors (Lipinski definition) is 0. The monoisotopic (exact) mass is 188 g/mol. The van der Waals surface area contributed by atoms with Gasteiger partial charge < -0.3 is 0 Å². The lowest BCUT2D eigenvalue weighted by molar-refractivity contribution is 0.108. The van der Waals surface area contributed by atoms with Gasteiger partial charge >= 0.3 is 0 Å². The van der Waals surface area contributed by atoms with Gasteiger partial charge in [-0.1, -0.05) is 18.2 Å². The number of rotatable bonds is 1. The summed E-state index contributed by atoms with van der Waals surface area (Å²) < 4.78 is 0. The third-order valence-electron chi connectivity index (χ3n) is 2.67. The van der Waals surface area contributed by atoms with E-state index in [0.717, 1.165) is 17.9 Å². The van der Waals surface area contributed by atoms with Gasteiger partial charge in [-0.05, 0) is 19.1 Å². The fourth-order valence-corrected chi connectivity index (χ4v) is 2.00. The number of anilines is 1. The number of fused-ring (bicyclic) bond motifs is 2. The highest BCUT2D eigenvalue weighted by atomic mass is 16.7. The first-order valence-electron chi connectivity index (χ1n) is 4.91. The van der Waals surface area contributed by atoms with Crippen LogP contribution in [0.1, 0.15) is 12.1 Å². The molecule has 1 fully saturated rings. The van der Waals surface area contributed by atoms with Gasteiger partial charge in [-0.3, -0.25) is 4.84 Å². The van der Waals surface area contributed by atoms with Crippen LogP contribution in [0, 0.1) is 6.92 Å². The maximum Gasteiger partial charge on any atom is 0.153 e. The molecule has 2 heterocycles. The van der Waals surface area contributed by atoms with Crippen molar-refractivity contribution in [1.29, 1.82) is 0 Å². The number of aromatic nitrogens is 1. The molecule has 0 saturated carbocycles. The Morgan fingerprint density at radius 3 is 3.00 bits per heavy atom. The van der Waals surface area contributed by atoms with Gasteiger partial charge in [-0.15, -0.1) is 0 Å². The molecular formula is C11H12N2O. The fraction of sp³-hybridized carbons (Fsp3) is 0.364. The molecule has 1 aliphatic carbocycles. The van der Waals surface area contributed by atoms with Gasteiger partial charge in [0, 0.05) is 12.1 Å². The molecule has 1 aliphatic heterocycles. The lowest BCUT2D eigenvalue weighted by Crippen LogP contribution is -2.28. The van der Waals surface area contributed by atoms with Crippen molar-refractivity contribution in [3.63, 3.8) is 0 Å². The summed E-state index contributed by atoms with van der Waals surface area (Å²) in [4.78, 5) is 10.1. The molecule has 2 bridgehead atoms. The molecule has 0 aromatic carbocycles. The highest BCUT2D eigenvalue weighted by molar-refractivity contribution is 5.42. The third kappa shape index (κ3) is 1.13. The Bertz CT molecular complexity index is 389. The van der Waals surface area contributed by atoms with E-state index < -0.39 is 0 Å². The van der Waals surface area contributed by atoms with Gasteiger partial charge in [0.1, 0.15) is 6.10 Å². The predicted octanol–water partition coefficient (Wildman–Crippen LogP) is 1.84. The molecule has 0 spiro atoms. The number of hydroxylamine groups is 1. The van der Waals surface area contributed by atoms with Crippen LogP contribution in [0.15, 0.2) is 30.4 Å². The average Bonchev–Trinajstić information content (AvgIpc) is 2.78. The lowest BCUT2D eigenvalue weighted by Gasteiger charge is -2.23. The van der Waals surface area contributed by atoms with Crippen molar-refractivity contribution < 1.29 is 4.84 Å². The van der Waals surface area contributed by atoms with Gasteiger partial charge in [0.2, 0.25) is 0 Å². The van der Waals surface area contributed by atoms with Crippen LogP contribution < -0.4 is 5.06 Å². The van der Waals surface area contributed by atoms with E-state index in [4.69, 9.17) is 4.84 Å². The van der Waals surface area contributed by atoms with Gasteiger partial charge in [-0.2, -0.15) is 0 Å². The standard InChI is InChI=1S/C11H12N2O/c1-8-3-2-4-11(12-8)13-9-5-6-10(7-9)14-13/h2-6,9-10H,7H2,1H3. The van der Waals surface area contributed by atoms with Crippen LogP contribution in [0.3, 0.4) is 0 Å². The molecule has 2 atom stereocenters. The van der Waals surface area contributed by atoms with E-state index in [1.807, 2.05) is 30.2 Å². The van der Waals surface area contributed by atoms with Crippen molar-refractivity contribution in [2.75, 3.05) is 5.06 Å². The minimum atomic E-state index is 0.266. The summed E-state index contributed by atoms with van der Waals surface area (Å²) in [6, 6.07) is 6.38. The molecule has 0 N–H and O–H groups in total. The maximum atomic E-state index is 5.69. The number of hydrogen-bond acceptors (Lipinski definition) is 3. The quantitative estimate of drug-likeness (QED) is 0.629. The second kappa shape index (κ2) is 2.82. The zero-order valence-corrected chi connectivity index (χ0v) is 8.05. The van der Waals surface area contributed by atoms with Crippen LogP contribution in [-0.2, 0) is 4.84 Å². The summed E-state index contributed by atoms with van der Waals surface area (Å²) in [7, 11) is 0. The van der Waals surface area contributed by atoms with Gasteiger partial charge in [0.25, 0.3) is 0 Å². The van der Waals surface area contributed by atoms with E-state index >= 15 is 0 Å². The Balaban J connectivity index is 1.93. The van der Waals surface area contributed by atoms with Crippen molar-refractivity contribution in [2.24, 2.45) is 0 Å². The second-order valence-corrected chi connectivity index (χ2v) is 3.79. The van der Waals surface area contributed by atoms with Crippen molar-refractivity contribution in [3.8, 4) is 0 Å². The topological polar surface area (TPSA) is 25.4 Å².